The quantitative estimate of drug-likeness (QED) is 0.652. The molecule has 0 saturated carbocycles. The molecule has 1 aromatic carbocycles. The zero-order chi connectivity index (χ0) is 12.1. The Bertz CT molecular complexity index is 494. The van der Waals surface area contributed by atoms with Gasteiger partial charge in [0.25, 0.3) is 0 Å². The Labute approximate surface area is 104 Å². The number of hydrogen-bond acceptors (Lipinski definition) is 3. The standard InChI is InChI=1S/C13H13NO2S/c1-16-10-4-2-5-11(8-10)17-9-13(15)12-6-3-7-14-12/h2-8,14H,9H2,1H3. The van der Waals surface area contributed by atoms with Crippen molar-refractivity contribution in [3.63, 3.8) is 0 Å². The SMILES string of the molecule is COc1cccc(SCC(=O)c2ccc[nH]2)c1. The average Bonchev–Trinajstić information content (AvgIpc) is 2.90. The number of nitrogens with one attached hydrogen (secondary N) is 1. The third kappa shape index (κ3) is 3.14. The molecule has 0 atom stereocenters. The summed E-state index contributed by atoms with van der Waals surface area (Å²) in [6.07, 6.45) is 1.75. The third-order valence-corrected chi connectivity index (χ3v) is 3.30. The molecular formula is C13H13NO2S. The largest absolute Gasteiger partial charge is 0.497 e. The summed E-state index contributed by atoms with van der Waals surface area (Å²) in [4.78, 5) is 15.7. The molecule has 0 unspecified atom stereocenters. The molecule has 0 spiro atoms. The first-order valence-corrected chi connectivity index (χ1v) is 6.21. The van der Waals surface area contributed by atoms with E-state index in [-0.39, 0.29) is 5.78 Å². The van der Waals surface area contributed by atoms with Crippen LogP contribution in [0.4, 0.5) is 0 Å². The number of thioether (sulfide) groups is 1. The first-order chi connectivity index (χ1) is 8.29. The molecule has 2 rings (SSSR count). The number of rotatable bonds is 5. The smallest absolute Gasteiger partial charge is 0.189 e. The molecule has 0 bridgehead atoms. The minimum absolute atomic E-state index is 0.0998. The predicted octanol–water partition coefficient (Wildman–Crippen LogP) is 3.00. The van der Waals surface area contributed by atoms with Crippen LogP contribution in [-0.2, 0) is 0 Å². The number of Topliss-reactive ketones (excluding diaryl/α,β-unsaturated/α-hetero) is 1. The van der Waals surface area contributed by atoms with Gasteiger partial charge < -0.3 is 9.72 Å². The van der Waals surface area contributed by atoms with Crippen molar-refractivity contribution < 1.29 is 9.53 Å². The molecule has 0 fully saturated rings. The van der Waals surface area contributed by atoms with Gasteiger partial charge in [-0.1, -0.05) is 6.07 Å². The van der Waals surface area contributed by atoms with Crippen molar-refractivity contribution in [1.29, 1.82) is 0 Å². The van der Waals surface area contributed by atoms with Crippen molar-refractivity contribution in [2.24, 2.45) is 0 Å². The van der Waals surface area contributed by atoms with Crippen LogP contribution in [-0.4, -0.2) is 23.6 Å². The minimum atomic E-state index is 0.0998. The predicted molar refractivity (Wildman–Crippen MR) is 68.8 cm³/mol. The van der Waals surface area contributed by atoms with Gasteiger partial charge in [-0.05, 0) is 30.3 Å². The highest BCUT2D eigenvalue weighted by Gasteiger charge is 2.07. The van der Waals surface area contributed by atoms with Crippen molar-refractivity contribution >= 4 is 17.5 Å². The van der Waals surface area contributed by atoms with Crippen LogP contribution in [0.5, 0.6) is 5.75 Å². The number of hydrogen-bond donors (Lipinski definition) is 1. The number of carbonyl (C=O) groups is 1. The van der Waals surface area contributed by atoms with Gasteiger partial charge in [-0.15, -0.1) is 11.8 Å². The van der Waals surface area contributed by atoms with Crippen LogP contribution in [0, 0.1) is 0 Å². The monoisotopic (exact) mass is 247 g/mol. The maximum Gasteiger partial charge on any atom is 0.189 e. The third-order valence-electron chi connectivity index (χ3n) is 2.31. The summed E-state index contributed by atoms with van der Waals surface area (Å²) >= 11 is 1.51. The summed E-state index contributed by atoms with van der Waals surface area (Å²) in [5.74, 6) is 1.33. The first-order valence-electron chi connectivity index (χ1n) is 5.23. The maximum atomic E-state index is 11.8. The van der Waals surface area contributed by atoms with E-state index in [1.807, 2.05) is 30.3 Å². The summed E-state index contributed by atoms with van der Waals surface area (Å²) in [7, 11) is 1.63. The Morgan fingerprint density at radius 2 is 2.24 bits per heavy atom. The van der Waals surface area contributed by atoms with Gasteiger partial charge in [-0.25, -0.2) is 0 Å². The van der Waals surface area contributed by atoms with Gasteiger partial charge in [0.2, 0.25) is 0 Å². The van der Waals surface area contributed by atoms with Crippen molar-refractivity contribution in [3.05, 3.63) is 48.3 Å². The van der Waals surface area contributed by atoms with Crippen LogP contribution < -0.4 is 4.74 Å². The topological polar surface area (TPSA) is 42.1 Å². The lowest BCUT2D eigenvalue weighted by Gasteiger charge is -2.03. The van der Waals surface area contributed by atoms with Crippen molar-refractivity contribution in [2.75, 3.05) is 12.9 Å². The van der Waals surface area contributed by atoms with Gasteiger partial charge in [-0.2, -0.15) is 0 Å². The van der Waals surface area contributed by atoms with Crippen LogP contribution in [0.15, 0.2) is 47.5 Å². The highest BCUT2D eigenvalue weighted by molar-refractivity contribution is 8.00. The fourth-order valence-corrected chi connectivity index (χ4v) is 2.25. The second kappa shape index (κ2) is 5.59. The molecule has 4 heteroatoms. The molecule has 17 heavy (non-hydrogen) atoms. The Kier molecular flexibility index (Phi) is 3.88. The number of aromatic amines is 1. The summed E-state index contributed by atoms with van der Waals surface area (Å²) in [5, 5.41) is 0. The Morgan fingerprint density at radius 3 is 2.94 bits per heavy atom. The molecule has 0 radical (unpaired) electrons. The number of H-pyrrole nitrogens is 1. The zero-order valence-electron chi connectivity index (χ0n) is 9.47. The van der Waals surface area contributed by atoms with Crippen molar-refractivity contribution in [3.8, 4) is 5.75 Å². The van der Waals surface area contributed by atoms with Gasteiger partial charge in [0.15, 0.2) is 5.78 Å². The lowest BCUT2D eigenvalue weighted by atomic mass is 10.3. The molecule has 0 saturated heterocycles. The number of aromatic nitrogens is 1. The Morgan fingerprint density at radius 1 is 1.35 bits per heavy atom. The normalized spacial score (nSPS) is 10.2. The van der Waals surface area contributed by atoms with Gasteiger partial charge in [0.1, 0.15) is 5.75 Å². The summed E-state index contributed by atoms with van der Waals surface area (Å²) in [6.45, 7) is 0. The number of ketones is 1. The van der Waals surface area contributed by atoms with Crippen LogP contribution in [0.1, 0.15) is 10.5 Å². The lowest BCUT2D eigenvalue weighted by molar-refractivity contribution is 0.101. The second-order valence-electron chi connectivity index (χ2n) is 3.47. The van der Waals surface area contributed by atoms with E-state index in [0.29, 0.717) is 11.4 Å². The summed E-state index contributed by atoms with van der Waals surface area (Å²) < 4.78 is 5.13. The van der Waals surface area contributed by atoms with E-state index in [4.69, 9.17) is 4.74 Å². The molecule has 0 amide bonds. The van der Waals surface area contributed by atoms with E-state index < -0.39 is 0 Å². The zero-order valence-corrected chi connectivity index (χ0v) is 10.3. The highest BCUT2D eigenvalue weighted by Crippen LogP contribution is 2.23. The molecule has 0 aliphatic rings. The highest BCUT2D eigenvalue weighted by atomic mass is 32.2. The number of ether oxygens (including phenoxy) is 1. The maximum absolute atomic E-state index is 11.8. The molecule has 2 aromatic rings. The molecule has 0 aliphatic heterocycles. The van der Waals surface area contributed by atoms with Crippen LogP contribution in [0.3, 0.4) is 0 Å². The molecule has 0 aliphatic carbocycles. The molecule has 3 nitrogen and oxygen atoms in total. The van der Waals surface area contributed by atoms with Gasteiger partial charge in [0.05, 0.1) is 18.6 Å². The van der Waals surface area contributed by atoms with Gasteiger partial charge >= 0.3 is 0 Å². The second-order valence-corrected chi connectivity index (χ2v) is 4.52. The minimum Gasteiger partial charge on any atom is -0.497 e. The Hall–Kier alpha value is -1.68. The number of methoxy groups -OCH3 is 1. The van der Waals surface area contributed by atoms with E-state index in [1.165, 1.54) is 11.8 Å². The molecule has 88 valence electrons. The van der Waals surface area contributed by atoms with E-state index >= 15 is 0 Å². The van der Waals surface area contributed by atoms with E-state index in [9.17, 15) is 4.79 Å². The van der Waals surface area contributed by atoms with Gasteiger partial charge in [0, 0.05) is 11.1 Å². The number of carbonyl (C=O) groups excluding carboxylic acids is 1. The van der Waals surface area contributed by atoms with Crippen LogP contribution in [0.2, 0.25) is 0 Å². The van der Waals surface area contributed by atoms with E-state index in [1.54, 1.807) is 19.4 Å². The fraction of sp³-hybridized carbons (Fsp3) is 0.154. The molecule has 1 aromatic heterocycles. The molecule has 1 heterocycles. The van der Waals surface area contributed by atoms with Crippen LogP contribution in [0.25, 0.3) is 0 Å². The molecular weight excluding hydrogens is 234 g/mol. The average molecular weight is 247 g/mol. The van der Waals surface area contributed by atoms with E-state index in [0.717, 1.165) is 10.6 Å². The van der Waals surface area contributed by atoms with Gasteiger partial charge in [-0.3, -0.25) is 4.79 Å². The van der Waals surface area contributed by atoms with Crippen LogP contribution >= 0.6 is 11.8 Å². The number of benzene rings is 1. The van der Waals surface area contributed by atoms with E-state index in [2.05, 4.69) is 4.98 Å². The first kappa shape index (κ1) is 11.8. The Balaban J connectivity index is 1.95. The van der Waals surface area contributed by atoms with Crippen molar-refractivity contribution in [1.82, 2.24) is 4.98 Å². The summed E-state index contributed by atoms with van der Waals surface area (Å²) in [5.41, 5.74) is 0.653. The fourth-order valence-electron chi connectivity index (χ4n) is 1.42. The lowest BCUT2D eigenvalue weighted by Crippen LogP contribution is -2.02. The van der Waals surface area contributed by atoms with Crippen molar-refractivity contribution in [2.45, 2.75) is 4.90 Å². The summed E-state index contributed by atoms with van der Waals surface area (Å²) in [6, 6.07) is 11.3. The molecule has 1 N–H and O–H groups in total.